The molecule has 0 saturated carbocycles. The summed E-state index contributed by atoms with van der Waals surface area (Å²) in [5.41, 5.74) is 1.35. The maximum absolute atomic E-state index is 13.4. The molecule has 0 bridgehead atoms. The Morgan fingerprint density at radius 2 is 2.42 bits per heavy atom. The van der Waals surface area contributed by atoms with E-state index in [2.05, 4.69) is 15.5 Å². The van der Waals surface area contributed by atoms with E-state index in [-0.39, 0.29) is 23.7 Å². The van der Waals surface area contributed by atoms with Crippen molar-refractivity contribution in [2.24, 2.45) is 5.92 Å². The molecule has 1 aliphatic rings. The van der Waals surface area contributed by atoms with Crippen LogP contribution in [0.3, 0.4) is 0 Å². The van der Waals surface area contributed by atoms with Crippen LogP contribution < -0.4 is 10.1 Å². The normalized spacial score (nSPS) is 20.6. The minimum Gasteiger partial charge on any atom is -0.494 e. The van der Waals surface area contributed by atoms with Gasteiger partial charge in [-0.2, -0.15) is 5.10 Å². The number of ether oxygens (including phenoxy) is 2. The highest BCUT2D eigenvalue weighted by molar-refractivity contribution is 5.94. The number of rotatable bonds is 5. The van der Waals surface area contributed by atoms with Crippen LogP contribution in [-0.4, -0.2) is 36.4 Å². The molecule has 0 radical (unpaired) electrons. The molecule has 2 heterocycles. The highest BCUT2D eigenvalue weighted by atomic mass is 19.1. The molecule has 7 heteroatoms. The van der Waals surface area contributed by atoms with E-state index < -0.39 is 5.82 Å². The first-order valence-electron chi connectivity index (χ1n) is 7.91. The summed E-state index contributed by atoms with van der Waals surface area (Å²) in [4.78, 5) is 12.3. The fraction of sp³-hybridized carbons (Fsp3) is 0.412. The van der Waals surface area contributed by atoms with E-state index in [0.717, 1.165) is 18.4 Å². The zero-order valence-corrected chi connectivity index (χ0v) is 13.4. The number of amides is 1. The Kier molecular flexibility index (Phi) is 5.10. The topological polar surface area (TPSA) is 76.2 Å². The maximum Gasteiger partial charge on any atom is 0.251 e. The van der Waals surface area contributed by atoms with Gasteiger partial charge in [0.25, 0.3) is 5.91 Å². The van der Waals surface area contributed by atoms with Crippen molar-refractivity contribution in [1.82, 2.24) is 15.5 Å². The zero-order valence-electron chi connectivity index (χ0n) is 13.4. The Labute approximate surface area is 139 Å². The van der Waals surface area contributed by atoms with Gasteiger partial charge < -0.3 is 14.8 Å². The Balaban J connectivity index is 1.64. The summed E-state index contributed by atoms with van der Waals surface area (Å²) in [5.74, 6) is -0.526. The van der Waals surface area contributed by atoms with E-state index in [4.69, 9.17) is 9.47 Å². The number of H-pyrrole nitrogens is 1. The van der Waals surface area contributed by atoms with Gasteiger partial charge in [-0.05, 0) is 31.0 Å². The Hall–Kier alpha value is -2.41. The molecule has 1 fully saturated rings. The van der Waals surface area contributed by atoms with Gasteiger partial charge in [0.2, 0.25) is 0 Å². The van der Waals surface area contributed by atoms with E-state index >= 15 is 0 Å². The molecule has 128 valence electrons. The van der Waals surface area contributed by atoms with Gasteiger partial charge in [0, 0.05) is 36.4 Å². The quantitative estimate of drug-likeness (QED) is 0.881. The van der Waals surface area contributed by atoms with Crippen LogP contribution in [0.15, 0.2) is 30.6 Å². The van der Waals surface area contributed by atoms with Crippen LogP contribution in [0.25, 0.3) is 0 Å². The van der Waals surface area contributed by atoms with Crippen molar-refractivity contribution in [3.8, 4) is 5.75 Å². The van der Waals surface area contributed by atoms with Crippen molar-refractivity contribution in [1.29, 1.82) is 0 Å². The number of aromatic nitrogens is 2. The summed E-state index contributed by atoms with van der Waals surface area (Å²) in [6.45, 7) is 1.18. The number of nitrogens with one attached hydrogen (secondary N) is 2. The summed E-state index contributed by atoms with van der Waals surface area (Å²) >= 11 is 0. The van der Waals surface area contributed by atoms with Crippen molar-refractivity contribution >= 4 is 5.91 Å². The van der Waals surface area contributed by atoms with Crippen LogP contribution in [0.5, 0.6) is 5.75 Å². The smallest absolute Gasteiger partial charge is 0.251 e. The van der Waals surface area contributed by atoms with E-state index in [0.29, 0.717) is 18.7 Å². The molecule has 1 saturated heterocycles. The first-order chi connectivity index (χ1) is 11.7. The number of methoxy groups -OCH3 is 1. The SMILES string of the molecule is COc1cc(C(=O)NC[C@@H]2CCCO[C@H]2c2cn[nH]c2)ccc1F. The van der Waals surface area contributed by atoms with Gasteiger partial charge in [-0.3, -0.25) is 9.89 Å². The van der Waals surface area contributed by atoms with Crippen LogP contribution in [0.2, 0.25) is 0 Å². The number of nitrogens with zero attached hydrogens (tertiary/aromatic N) is 1. The summed E-state index contributed by atoms with van der Waals surface area (Å²) in [5, 5.41) is 9.65. The van der Waals surface area contributed by atoms with Gasteiger partial charge >= 0.3 is 0 Å². The van der Waals surface area contributed by atoms with Gasteiger partial charge in [0.05, 0.1) is 19.4 Å². The molecule has 2 atom stereocenters. The summed E-state index contributed by atoms with van der Waals surface area (Å²) in [6, 6.07) is 4.07. The first kappa shape index (κ1) is 16.4. The number of hydrogen-bond acceptors (Lipinski definition) is 4. The maximum atomic E-state index is 13.4. The van der Waals surface area contributed by atoms with E-state index in [1.165, 1.54) is 25.3 Å². The molecule has 2 aromatic rings. The molecule has 3 rings (SSSR count). The summed E-state index contributed by atoms with van der Waals surface area (Å²) in [6.07, 6.45) is 5.40. The molecular weight excluding hydrogens is 313 g/mol. The second-order valence-corrected chi connectivity index (χ2v) is 5.78. The first-order valence-corrected chi connectivity index (χ1v) is 7.91. The molecule has 1 aromatic heterocycles. The lowest BCUT2D eigenvalue weighted by molar-refractivity contribution is -0.0272. The van der Waals surface area contributed by atoms with Crippen molar-refractivity contribution in [3.05, 3.63) is 47.5 Å². The number of aromatic amines is 1. The van der Waals surface area contributed by atoms with Crippen LogP contribution in [-0.2, 0) is 4.74 Å². The van der Waals surface area contributed by atoms with Gasteiger partial charge in [0.1, 0.15) is 0 Å². The minimum atomic E-state index is -0.491. The predicted octanol–water partition coefficient (Wildman–Crippen LogP) is 2.46. The number of benzene rings is 1. The van der Waals surface area contributed by atoms with Crippen LogP contribution in [0, 0.1) is 11.7 Å². The monoisotopic (exact) mass is 333 g/mol. The van der Waals surface area contributed by atoms with E-state index in [9.17, 15) is 9.18 Å². The van der Waals surface area contributed by atoms with Crippen molar-refractivity contribution in [2.45, 2.75) is 18.9 Å². The van der Waals surface area contributed by atoms with Gasteiger partial charge in [-0.1, -0.05) is 0 Å². The summed E-state index contributed by atoms with van der Waals surface area (Å²) in [7, 11) is 1.37. The third-order valence-electron chi connectivity index (χ3n) is 4.23. The third kappa shape index (κ3) is 3.56. The number of hydrogen-bond donors (Lipinski definition) is 2. The predicted molar refractivity (Wildman–Crippen MR) is 85.3 cm³/mol. The van der Waals surface area contributed by atoms with Crippen molar-refractivity contribution < 1.29 is 18.7 Å². The molecule has 1 aromatic carbocycles. The largest absolute Gasteiger partial charge is 0.494 e. The molecule has 2 N–H and O–H groups in total. The average Bonchev–Trinajstić information content (AvgIpc) is 3.15. The zero-order chi connectivity index (χ0) is 16.9. The number of halogens is 1. The molecule has 0 spiro atoms. The molecule has 6 nitrogen and oxygen atoms in total. The summed E-state index contributed by atoms with van der Waals surface area (Å²) < 4.78 is 24.2. The molecule has 24 heavy (non-hydrogen) atoms. The fourth-order valence-electron chi connectivity index (χ4n) is 2.96. The second kappa shape index (κ2) is 7.44. The van der Waals surface area contributed by atoms with E-state index in [1.807, 2.05) is 6.20 Å². The fourth-order valence-corrected chi connectivity index (χ4v) is 2.96. The standard InChI is InChI=1S/C17H20FN3O3/c1-23-15-7-11(4-5-14(15)18)17(22)19-8-12-3-2-6-24-16(12)13-9-20-21-10-13/h4-5,7,9-10,12,16H,2-3,6,8H2,1H3,(H,19,22)(H,20,21)/t12-,16+/m0/s1. The molecule has 0 unspecified atom stereocenters. The highest BCUT2D eigenvalue weighted by Gasteiger charge is 2.28. The Bertz CT molecular complexity index is 690. The minimum absolute atomic E-state index is 0.0555. The second-order valence-electron chi connectivity index (χ2n) is 5.78. The Morgan fingerprint density at radius 1 is 1.54 bits per heavy atom. The number of carbonyl (C=O) groups excluding carboxylic acids is 1. The lowest BCUT2D eigenvalue weighted by atomic mass is 9.91. The molecular formula is C17H20FN3O3. The lowest BCUT2D eigenvalue weighted by Gasteiger charge is -2.31. The van der Waals surface area contributed by atoms with Crippen LogP contribution in [0.1, 0.15) is 34.9 Å². The lowest BCUT2D eigenvalue weighted by Crippen LogP contribution is -2.35. The molecule has 1 aliphatic heterocycles. The van der Waals surface area contributed by atoms with Gasteiger partial charge in [0.15, 0.2) is 11.6 Å². The molecule has 0 aliphatic carbocycles. The van der Waals surface area contributed by atoms with Crippen molar-refractivity contribution in [2.75, 3.05) is 20.3 Å². The molecule has 1 amide bonds. The highest BCUT2D eigenvalue weighted by Crippen LogP contribution is 2.32. The Morgan fingerprint density at radius 3 is 3.17 bits per heavy atom. The van der Waals surface area contributed by atoms with Gasteiger partial charge in [-0.25, -0.2) is 4.39 Å². The van der Waals surface area contributed by atoms with Gasteiger partial charge in [-0.15, -0.1) is 0 Å². The number of carbonyl (C=O) groups is 1. The average molecular weight is 333 g/mol. The third-order valence-corrected chi connectivity index (χ3v) is 4.23. The van der Waals surface area contributed by atoms with E-state index in [1.54, 1.807) is 6.20 Å². The van der Waals surface area contributed by atoms with Crippen LogP contribution in [0.4, 0.5) is 4.39 Å². The van der Waals surface area contributed by atoms with Crippen molar-refractivity contribution in [3.63, 3.8) is 0 Å². The van der Waals surface area contributed by atoms with Crippen LogP contribution >= 0.6 is 0 Å².